The van der Waals surface area contributed by atoms with Crippen LogP contribution in [0.4, 0.5) is 0 Å². The van der Waals surface area contributed by atoms with E-state index in [0.717, 1.165) is 5.56 Å². The van der Waals surface area contributed by atoms with Crippen molar-refractivity contribution in [3.63, 3.8) is 0 Å². The molecular formula is C10H14ClO6P. The van der Waals surface area contributed by atoms with Crippen LogP contribution >= 0.6 is 19.4 Å². The molecule has 102 valence electrons. The third-order valence-corrected chi connectivity index (χ3v) is 3.01. The Morgan fingerprint density at radius 1 is 1.28 bits per heavy atom. The zero-order valence-electron chi connectivity index (χ0n) is 9.35. The summed E-state index contributed by atoms with van der Waals surface area (Å²) in [7, 11) is -4.71. The van der Waals surface area contributed by atoms with Crippen molar-refractivity contribution in [1.82, 2.24) is 0 Å². The highest BCUT2D eigenvalue weighted by Crippen LogP contribution is 2.39. The fourth-order valence-electron chi connectivity index (χ4n) is 1.19. The molecule has 0 spiro atoms. The number of phosphoric acid groups is 1. The largest absolute Gasteiger partial charge is 0.471 e. The van der Waals surface area contributed by atoms with Crippen molar-refractivity contribution in [2.75, 3.05) is 6.61 Å². The van der Waals surface area contributed by atoms with Crippen molar-refractivity contribution < 1.29 is 28.7 Å². The predicted molar refractivity (Wildman–Crippen MR) is 64.9 cm³/mol. The van der Waals surface area contributed by atoms with Gasteiger partial charge < -0.3 is 19.6 Å². The van der Waals surface area contributed by atoms with Crippen LogP contribution in [0.25, 0.3) is 0 Å². The molecule has 18 heavy (non-hydrogen) atoms. The Morgan fingerprint density at radius 2 is 1.89 bits per heavy atom. The van der Waals surface area contributed by atoms with E-state index < -0.39 is 26.1 Å². The predicted octanol–water partition coefficient (Wildman–Crippen LogP) is 1.24. The maximum Gasteiger partial charge on any atom is 0.471 e. The number of ether oxygens (including phenoxy) is 1. The van der Waals surface area contributed by atoms with E-state index in [1.54, 1.807) is 0 Å². The summed E-state index contributed by atoms with van der Waals surface area (Å²) in [5.41, 5.74) is -0.587. The molecule has 0 heterocycles. The van der Waals surface area contributed by atoms with Gasteiger partial charge in [-0.15, -0.1) is 0 Å². The second-order valence-corrected chi connectivity index (χ2v) is 5.09. The van der Waals surface area contributed by atoms with E-state index in [4.69, 9.17) is 31.2 Å². The highest BCUT2D eigenvalue weighted by molar-refractivity contribution is 7.46. The zero-order valence-corrected chi connectivity index (χ0v) is 11.0. The minimum absolute atomic E-state index is 0.153. The van der Waals surface area contributed by atoms with Crippen molar-refractivity contribution in [3.8, 4) is 0 Å². The number of aliphatic hydroxyl groups is 1. The minimum Gasteiger partial charge on any atom is -0.394 e. The van der Waals surface area contributed by atoms with E-state index in [9.17, 15) is 4.57 Å². The lowest BCUT2D eigenvalue weighted by Crippen LogP contribution is -2.30. The van der Waals surface area contributed by atoms with Crippen molar-refractivity contribution in [2.24, 2.45) is 0 Å². The van der Waals surface area contributed by atoms with E-state index >= 15 is 0 Å². The van der Waals surface area contributed by atoms with Crippen LogP contribution < -0.4 is 0 Å². The molecule has 0 fully saturated rings. The van der Waals surface area contributed by atoms with Crippen LogP contribution in [0.1, 0.15) is 5.56 Å². The van der Waals surface area contributed by atoms with Gasteiger partial charge in [0.05, 0.1) is 13.2 Å². The molecule has 0 saturated heterocycles. The van der Waals surface area contributed by atoms with Crippen molar-refractivity contribution in [2.45, 2.75) is 18.3 Å². The number of phosphoric ester groups is 1. The average Bonchev–Trinajstić information content (AvgIpc) is 2.29. The lowest BCUT2D eigenvalue weighted by Gasteiger charge is -2.21. The van der Waals surface area contributed by atoms with E-state index in [-0.39, 0.29) is 6.61 Å². The number of hydrogen-bond donors (Lipinski definition) is 3. The SMILES string of the molecule is O=P(O)(O)OC(Cl)C(CO)OCc1ccccc1. The lowest BCUT2D eigenvalue weighted by atomic mass is 10.2. The highest BCUT2D eigenvalue weighted by Gasteiger charge is 2.28. The van der Waals surface area contributed by atoms with Gasteiger partial charge in [0, 0.05) is 0 Å². The molecule has 0 aliphatic heterocycles. The molecule has 8 heteroatoms. The third kappa shape index (κ3) is 5.93. The third-order valence-electron chi connectivity index (χ3n) is 2.02. The van der Waals surface area contributed by atoms with E-state index in [0.29, 0.717) is 0 Å². The van der Waals surface area contributed by atoms with E-state index in [2.05, 4.69) is 4.52 Å². The smallest absolute Gasteiger partial charge is 0.394 e. The Balaban J connectivity index is 2.49. The van der Waals surface area contributed by atoms with E-state index in [1.807, 2.05) is 30.3 Å². The van der Waals surface area contributed by atoms with Crippen LogP contribution in [-0.4, -0.2) is 33.2 Å². The normalized spacial score (nSPS) is 15.3. The van der Waals surface area contributed by atoms with E-state index in [1.165, 1.54) is 0 Å². The van der Waals surface area contributed by atoms with Crippen molar-refractivity contribution in [1.29, 1.82) is 0 Å². The molecule has 0 aliphatic rings. The molecule has 1 aromatic carbocycles. The molecule has 1 aromatic rings. The molecule has 0 radical (unpaired) electrons. The number of hydrogen-bond acceptors (Lipinski definition) is 4. The maximum atomic E-state index is 10.6. The number of rotatable bonds is 7. The summed E-state index contributed by atoms with van der Waals surface area (Å²) in [6, 6.07) is 9.09. The summed E-state index contributed by atoms with van der Waals surface area (Å²) in [5.74, 6) is 0. The molecule has 3 N–H and O–H groups in total. The van der Waals surface area contributed by atoms with Crippen LogP contribution in [0.2, 0.25) is 0 Å². The van der Waals surface area contributed by atoms with Gasteiger partial charge in [0.25, 0.3) is 0 Å². The Labute approximate surface area is 109 Å². The molecule has 6 nitrogen and oxygen atoms in total. The molecule has 0 amide bonds. The Kier molecular flexibility index (Phi) is 6.25. The van der Waals surface area contributed by atoms with Gasteiger partial charge >= 0.3 is 7.82 Å². The lowest BCUT2D eigenvalue weighted by molar-refractivity contribution is -0.0417. The summed E-state index contributed by atoms with van der Waals surface area (Å²) in [5, 5.41) is 9.03. The second kappa shape index (κ2) is 7.21. The van der Waals surface area contributed by atoms with Gasteiger partial charge in [0.1, 0.15) is 6.10 Å². The monoisotopic (exact) mass is 296 g/mol. The topological polar surface area (TPSA) is 96.2 Å². The second-order valence-electron chi connectivity index (χ2n) is 3.46. The van der Waals surface area contributed by atoms with Gasteiger partial charge in [-0.1, -0.05) is 41.9 Å². The summed E-state index contributed by atoms with van der Waals surface area (Å²) in [6.07, 6.45) is -1.03. The first-order chi connectivity index (χ1) is 8.42. The molecule has 0 aromatic heterocycles. The van der Waals surface area contributed by atoms with Crippen molar-refractivity contribution in [3.05, 3.63) is 35.9 Å². The first kappa shape index (κ1) is 15.6. The summed E-state index contributed by atoms with van der Waals surface area (Å²) in [4.78, 5) is 17.2. The zero-order chi connectivity index (χ0) is 13.6. The van der Waals surface area contributed by atoms with Gasteiger partial charge in [0.15, 0.2) is 5.56 Å². The first-order valence-corrected chi connectivity index (χ1v) is 7.03. The number of aliphatic hydroxyl groups excluding tert-OH is 1. The fourth-order valence-corrected chi connectivity index (χ4v) is 2.05. The summed E-state index contributed by atoms with van der Waals surface area (Å²) >= 11 is 5.60. The van der Waals surface area contributed by atoms with Crippen LogP contribution in [0, 0.1) is 0 Å². The summed E-state index contributed by atoms with van der Waals surface area (Å²) < 4.78 is 20.0. The fraction of sp³-hybridized carbons (Fsp3) is 0.400. The van der Waals surface area contributed by atoms with Gasteiger partial charge in [-0.3, -0.25) is 4.52 Å². The molecule has 1 rings (SSSR count). The van der Waals surface area contributed by atoms with Crippen LogP contribution in [0.3, 0.4) is 0 Å². The molecule has 0 saturated carbocycles. The number of alkyl halides is 1. The Bertz CT molecular complexity index is 395. The maximum absolute atomic E-state index is 10.6. The Hall–Kier alpha value is -0.460. The standard InChI is InChI=1S/C10H14ClO6P/c11-10(17-18(13,14)15)9(6-12)16-7-8-4-2-1-3-5-8/h1-5,9-10,12H,6-7H2,(H2,13,14,15). The molecule has 0 bridgehead atoms. The summed E-state index contributed by atoms with van der Waals surface area (Å²) in [6.45, 7) is -0.360. The quantitative estimate of drug-likeness (QED) is 0.517. The van der Waals surface area contributed by atoms with Crippen LogP contribution in [0.15, 0.2) is 30.3 Å². The minimum atomic E-state index is -4.71. The van der Waals surface area contributed by atoms with Gasteiger partial charge in [-0.05, 0) is 5.56 Å². The number of benzene rings is 1. The Morgan fingerprint density at radius 3 is 2.39 bits per heavy atom. The number of halogens is 1. The van der Waals surface area contributed by atoms with Gasteiger partial charge in [-0.2, -0.15) is 0 Å². The first-order valence-electron chi connectivity index (χ1n) is 5.07. The van der Waals surface area contributed by atoms with Crippen molar-refractivity contribution >= 4 is 19.4 Å². The molecular weight excluding hydrogens is 283 g/mol. The van der Waals surface area contributed by atoms with Gasteiger partial charge in [0.2, 0.25) is 0 Å². The van der Waals surface area contributed by atoms with Gasteiger partial charge in [-0.25, -0.2) is 4.57 Å². The molecule has 2 unspecified atom stereocenters. The van der Waals surface area contributed by atoms with Crippen LogP contribution in [0.5, 0.6) is 0 Å². The van der Waals surface area contributed by atoms with Crippen LogP contribution in [-0.2, 0) is 20.4 Å². The molecule has 2 atom stereocenters. The highest BCUT2D eigenvalue weighted by atomic mass is 35.5. The molecule has 0 aliphatic carbocycles. The average molecular weight is 297 g/mol.